The number of carbonyl (C=O) groups is 2. The number of carbonyl (C=O) groups excluding carboxylic acids is 2. The zero-order valence-corrected chi connectivity index (χ0v) is 23.9. The molecule has 4 rings (SSSR count). The highest BCUT2D eigenvalue weighted by Crippen LogP contribution is 2.30. The molecule has 0 atom stereocenters. The van der Waals surface area contributed by atoms with Crippen LogP contribution in [0.3, 0.4) is 0 Å². The highest BCUT2D eigenvalue weighted by Gasteiger charge is 2.22. The maximum absolute atomic E-state index is 13.4. The third-order valence-corrected chi connectivity index (χ3v) is 6.64. The summed E-state index contributed by atoms with van der Waals surface area (Å²) in [6.07, 6.45) is 3.55. The van der Waals surface area contributed by atoms with E-state index in [9.17, 15) is 9.59 Å². The summed E-state index contributed by atoms with van der Waals surface area (Å²) in [5, 5.41) is 4.23. The molecule has 2 aromatic heterocycles. The maximum Gasteiger partial charge on any atom is 0.262 e. The van der Waals surface area contributed by atoms with E-state index >= 15 is 0 Å². The van der Waals surface area contributed by atoms with E-state index in [4.69, 9.17) is 25.8 Å². The van der Waals surface area contributed by atoms with E-state index in [2.05, 4.69) is 15.3 Å². The molecular weight excluding hydrogens is 544 g/mol. The molecule has 1 amide bonds. The zero-order chi connectivity index (χ0) is 29.0. The van der Waals surface area contributed by atoms with Crippen LogP contribution in [0.2, 0.25) is 5.02 Å². The Balaban J connectivity index is 1.25. The zero-order valence-electron chi connectivity index (χ0n) is 23.1. The number of nitrogens with zero attached hydrogens (tertiary/aromatic N) is 3. The van der Waals surface area contributed by atoms with Gasteiger partial charge in [0, 0.05) is 40.6 Å². The number of halogens is 1. The molecule has 9 nitrogen and oxygen atoms in total. The van der Waals surface area contributed by atoms with Gasteiger partial charge >= 0.3 is 0 Å². The van der Waals surface area contributed by atoms with Gasteiger partial charge in [0.15, 0.2) is 0 Å². The van der Waals surface area contributed by atoms with Gasteiger partial charge in [0.05, 0.1) is 57.7 Å². The van der Waals surface area contributed by atoms with Gasteiger partial charge in [0.1, 0.15) is 5.75 Å². The molecule has 0 saturated carbocycles. The summed E-state index contributed by atoms with van der Waals surface area (Å²) in [7, 11) is 1.58. The van der Waals surface area contributed by atoms with Crippen LogP contribution in [-0.2, 0) is 20.7 Å². The van der Waals surface area contributed by atoms with Gasteiger partial charge in [-0.15, -0.1) is 0 Å². The van der Waals surface area contributed by atoms with Crippen LogP contribution >= 0.6 is 11.6 Å². The molecule has 0 aliphatic rings. The summed E-state index contributed by atoms with van der Waals surface area (Å²) in [5.74, 6) is 0.280. The van der Waals surface area contributed by atoms with Crippen LogP contribution in [0.5, 0.6) is 5.75 Å². The van der Waals surface area contributed by atoms with Crippen LogP contribution in [-0.4, -0.2) is 74.2 Å². The number of nitrogens with one attached hydrogen (secondary N) is 1. The molecule has 0 fully saturated rings. The van der Waals surface area contributed by atoms with Crippen molar-refractivity contribution < 1.29 is 23.8 Å². The van der Waals surface area contributed by atoms with Crippen molar-refractivity contribution in [1.82, 2.24) is 14.9 Å². The highest BCUT2D eigenvalue weighted by molar-refractivity contribution is 6.30. The summed E-state index contributed by atoms with van der Waals surface area (Å²) >= 11 is 6.00. The van der Waals surface area contributed by atoms with Crippen LogP contribution in [0.1, 0.15) is 27.3 Å². The molecule has 0 aliphatic heterocycles. The second-order valence-electron chi connectivity index (χ2n) is 9.14. The molecule has 0 spiro atoms. The molecule has 0 radical (unpaired) electrons. The number of benzene rings is 2. The minimum absolute atomic E-state index is 0.110. The lowest BCUT2D eigenvalue weighted by Gasteiger charge is -2.09. The van der Waals surface area contributed by atoms with E-state index in [1.807, 2.05) is 37.3 Å². The summed E-state index contributed by atoms with van der Waals surface area (Å²) in [6, 6.07) is 17.9. The first kappa shape index (κ1) is 29.9. The first-order chi connectivity index (χ1) is 20.0. The quantitative estimate of drug-likeness (QED) is 0.175. The molecule has 0 bridgehead atoms. The van der Waals surface area contributed by atoms with Crippen molar-refractivity contribution in [2.45, 2.75) is 13.3 Å². The minimum Gasteiger partial charge on any atom is -0.497 e. The van der Waals surface area contributed by atoms with Crippen molar-refractivity contribution >= 4 is 40.5 Å². The Morgan fingerprint density at radius 1 is 1.02 bits per heavy atom. The number of aromatic nitrogens is 2. The summed E-state index contributed by atoms with van der Waals surface area (Å²) in [6.45, 7) is 4.44. The molecular formula is C31H33ClN4O5. The second kappa shape index (κ2) is 15.1. The SMILES string of the molecule is COc1ccc2c(c1)c(CC(=O)NCCOCCOCCN=Cc1ccccn1)c(C)n2C(=O)c1ccc(Cl)cc1. The predicted molar refractivity (Wildman–Crippen MR) is 159 cm³/mol. The topological polar surface area (TPSA) is 104 Å². The Morgan fingerprint density at radius 2 is 1.80 bits per heavy atom. The van der Waals surface area contributed by atoms with Gasteiger partial charge in [-0.25, -0.2) is 0 Å². The van der Waals surface area contributed by atoms with E-state index in [1.54, 1.807) is 54.4 Å². The molecule has 1 N–H and O–H groups in total. The van der Waals surface area contributed by atoms with E-state index in [-0.39, 0.29) is 18.2 Å². The van der Waals surface area contributed by atoms with Gasteiger partial charge in [0.25, 0.3) is 5.91 Å². The molecule has 2 heterocycles. The average Bonchev–Trinajstić information content (AvgIpc) is 3.26. The first-order valence-corrected chi connectivity index (χ1v) is 13.7. The molecule has 0 unspecified atom stereocenters. The lowest BCUT2D eigenvalue weighted by atomic mass is 10.1. The standard InChI is InChI=1S/C31H33ClN4O5/c1-22-27(20-30(37)35-14-16-41-18-17-40-15-13-33-21-25-5-3-4-12-34-25)28-19-26(39-2)10-11-29(28)36(22)31(38)23-6-8-24(32)9-7-23/h3-12,19,21H,13-18,20H2,1-2H3,(H,35,37). The predicted octanol–water partition coefficient (Wildman–Crippen LogP) is 4.51. The Bertz CT molecular complexity index is 1490. The van der Waals surface area contributed by atoms with Gasteiger partial charge in [-0.1, -0.05) is 17.7 Å². The molecule has 10 heteroatoms. The fourth-order valence-corrected chi connectivity index (χ4v) is 4.46. The monoisotopic (exact) mass is 576 g/mol. The number of ether oxygens (including phenoxy) is 3. The smallest absolute Gasteiger partial charge is 0.262 e. The largest absolute Gasteiger partial charge is 0.497 e. The van der Waals surface area contributed by atoms with Crippen molar-refractivity contribution in [2.75, 3.05) is 46.6 Å². The van der Waals surface area contributed by atoms with E-state index in [0.29, 0.717) is 67.1 Å². The highest BCUT2D eigenvalue weighted by atomic mass is 35.5. The van der Waals surface area contributed by atoms with Gasteiger partial charge in [0.2, 0.25) is 5.91 Å². The summed E-state index contributed by atoms with van der Waals surface area (Å²) in [4.78, 5) is 34.7. The number of hydrogen-bond acceptors (Lipinski definition) is 7. The Labute approximate surface area is 244 Å². The minimum atomic E-state index is -0.198. The number of aliphatic imine (C=N–C) groups is 1. The third kappa shape index (κ3) is 8.23. The lowest BCUT2D eigenvalue weighted by Crippen LogP contribution is -2.29. The fraction of sp³-hybridized carbons (Fsp3) is 0.290. The lowest BCUT2D eigenvalue weighted by molar-refractivity contribution is -0.120. The van der Waals surface area contributed by atoms with Gasteiger partial charge < -0.3 is 19.5 Å². The number of hydrogen-bond donors (Lipinski definition) is 1. The molecule has 0 saturated heterocycles. The number of methoxy groups -OCH3 is 1. The van der Waals surface area contributed by atoms with Crippen molar-refractivity contribution in [3.05, 3.63) is 94.4 Å². The van der Waals surface area contributed by atoms with Gasteiger partial charge in [-0.05, 0) is 67.1 Å². The number of amides is 1. The Hall–Kier alpha value is -4.05. The molecule has 2 aromatic carbocycles. The first-order valence-electron chi connectivity index (χ1n) is 13.3. The van der Waals surface area contributed by atoms with E-state index in [0.717, 1.165) is 16.6 Å². The van der Waals surface area contributed by atoms with Crippen molar-refractivity contribution in [3.8, 4) is 5.75 Å². The van der Waals surface area contributed by atoms with Crippen LogP contribution in [0, 0.1) is 6.92 Å². The fourth-order valence-electron chi connectivity index (χ4n) is 4.33. The Kier molecular flexibility index (Phi) is 11.0. The number of fused-ring (bicyclic) bond motifs is 1. The van der Waals surface area contributed by atoms with Gasteiger partial charge in [-0.3, -0.25) is 24.1 Å². The normalized spacial score (nSPS) is 11.3. The molecule has 214 valence electrons. The molecule has 41 heavy (non-hydrogen) atoms. The van der Waals surface area contributed by atoms with Crippen molar-refractivity contribution in [3.63, 3.8) is 0 Å². The third-order valence-electron chi connectivity index (χ3n) is 6.39. The summed E-state index contributed by atoms with van der Waals surface area (Å²) in [5.41, 5.74) is 3.47. The van der Waals surface area contributed by atoms with Crippen molar-refractivity contribution in [2.24, 2.45) is 4.99 Å². The number of rotatable bonds is 14. The number of pyridine rings is 1. The van der Waals surface area contributed by atoms with Crippen LogP contribution in [0.4, 0.5) is 0 Å². The van der Waals surface area contributed by atoms with E-state index < -0.39 is 0 Å². The van der Waals surface area contributed by atoms with Crippen molar-refractivity contribution in [1.29, 1.82) is 0 Å². The molecule has 0 aliphatic carbocycles. The molecule has 4 aromatic rings. The van der Waals surface area contributed by atoms with Crippen LogP contribution in [0.15, 0.2) is 71.9 Å². The average molecular weight is 577 g/mol. The van der Waals surface area contributed by atoms with Crippen LogP contribution < -0.4 is 10.1 Å². The Morgan fingerprint density at radius 3 is 2.54 bits per heavy atom. The van der Waals surface area contributed by atoms with E-state index in [1.165, 1.54) is 0 Å². The van der Waals surface area contributed by atoms with Gasteiger partial charge in [-0.2, -0.15) is 0 Å². The van der Waals surface area contributed by atoms with Crippen LogP contribution in [0.25, 0.3) is 10.9 Å². The maximum atomic E-state index is 13.4. The second-order valence-corrected chi connectivity index (χ2v) is 9.57. The summed E-state index contributed by atoms with van der Waals surface area (Å²) < 4.78 is 18.1.